The van der Waals surface area contributed by atoms with E-state index < -0.39 is 0 Å². The number of nitrogens with zero attached hydrogens (tertiary/aromatic N) is 1. The number of pyridine rings is 1. The molecule has 0 saturated carbocycles. The van der Waals surface area contributed by atoms with Gasteiger partial charge in [0.25, 0.3) is 0 Å². The third-order valence-electron chi connectivity index (χ3n) is 4.54. The Bertz CT molecular complexity index is 651. The number of nitrogen functional groups attached to an aromatic ring is 1. The number of aromatic nitrogens is 1. The molecule has 1 aliphatic rings. The molecule has 4 heteroatoms. The van der Waals surface area contributed by atoms with E-state index in [2.05, 4.69) is 35.4 Å². The average Bonchev–Trinajstić information content (AvgIpc) is 2.60. The summed E-state index contributed by atoms with van der Waals surface area (Å²) in [6, 6.07) is 10.4. The minimum atomic E-state index is 0.560. The zero-order chi connectivity index (χ0) is 16.1. The molecule has 0 amide bonds. The van der Waals surface area contributed by atoms with E-state index in [-0.39, 0.29) is 0 Å². The summed E-state index contributed by atoms with van der Waals surface area (Å²) in [5.74, 6) is 1.26. The van der Waals surface area contributed by atoms with Crippen LogP contribution < -0.4 is 11.1 Å². The molecule has 1 aromatic heterocycles. The summed E-state index contributed by atoms with van der Waals surface area (Å²) in [7, 11) is 0. The van der Waals surface area contributed by atoms with E-state index >= 15 is 0 Å². The summed E-state index contributed by atoms with van der Waals surface area (Å²) in [6.07, 6.45) is 5.05. The van der Waals surface area contributed by atoms with Gasteiger partial charge in [-0.05, 0) is 60.1 Å². The SMILES string of the molecule is CCc1c(NCC2CCOCC2)cccc1-c1ccnc(N)c1. The van der Waals surface area contributed by atoms with Crippen LogP contribution in [0.25, 0.3) is 11.1 Å². The fourth-order valence-electron chi connectivity index (χ4n) is 3.22. The first-order valence-electron chi connectivity index (χ1n) is 8.43. The Morgan fingerprint density at radius 1 is 1.26 bits per heavy atom. The summed E-state index contributed by atoms with van der Waals surface area (Å²) < 4.78 is 5.44. The van der Waals surface area contributed by atoms with Gasteiger partial charge in [0.1, 0.15) is 5.82 Å². The number of hydrogen-bond acceptors (Lipinski definition) is 4. The molecule has 0 bridgehead atoms. The topological polar surface area (TPSA) is 60.2 Å². The summed E-state index contributed by atoms with van der Waals surface area (Å²) in [5.41, 5.74) is 10.8. The van der Waals surface area contributed by atoms with Crippen molar-refractivity contribution in [3.63, 3.8) is 0 Å². The highest BCUT2D eigenvalue weighted by Gasteiger charge is 2.15. The number of ether oxygens (including phenoxy) is 1. The Kier molecular flexibility index (Phi) is 5.13. The molecular formula is C19H25N3O. The molecule has 1 fully saturated rings. The maximum Gasteiger partial charge on any atom is 0.123 e. The van der Waals surface area contributed by atoms with Crippen LogP contribution in [-0.2, 0) is 11.2 Å². The molecule has 1 aromatic carbocycles. The number of nitrogens with one attached hydrogen (secondary N) is 1. The van der Waals surface area contributed by atoms with Crippen LogP contribution in [0.2, 0.25) is 0 Å². The fourth-order valence-corrected chi connectivity index (χ4v) is 3.22. The van der Waals surface area contributed by atoms with Gasteiger partial charge in [-0.2, -0.15) is 0 Å². The van der Waals surface area contributed by atoms with Crippen molar-refractivity contribution >= 4 is 11.5 Å². The normalized spacial score (nSPS) is 15.5. The van der Waals surface area contributed by atoms with E-state index in [1.165, 1.54) is 16.8 Å². The number of rotatable bonds is 5. The molecule has 3 rings (SSSR count). The molecule has 0 radical (unpaired) electrons. The van der Waals surface area contributed by atoms with Crippen molar-refractivity contribution in [2.45, 2.75) is 26.2 Å². The minimum absolute atomic E-state index is 0.560. The molecule has 2 heterocycles. The Balaban J connectivity index is 1.82. The van der Waals surface area contributed by atoms with Gasteiger partial charge < -0.3 is 15.8 Å². The predicted molar refractivity (Wildman–Crippen MR) is 95.5 cm³/mol. The highest BCUT2D eigenvalue weighted by molar-refractivity contribution is 5.75. The quantitative estimate of drug-likeness (QED) is 0.883. The average molecular weight is 311 g/mol. The van der Waals surface area contributed by atoms with Crippen molar-refractivity contribution in [2.75, 3.05) is 30.8 Å². The molecule has 0 atom stereocenters. The summed E-state index contributed by atoms with van der Waals surface area (Å²) in [6.45, 7) is 4.99. The van der Waals surface area contributed by atoms with E-state index in [9.17, 15) is 0 Å². The zero-order valence-electron chi connectivity index (χ0n) is 13.7. The summed E-state index contributed by atoms with van der Waals surface area (Å²) >= 11 is 0. The van der Waals surface area contributed by atoms with Crippen LogP contribution >= 0.6 is 0 Å². The lowest BCUT2D eigenvalue weighted by molar-refractivity contribution is 0.0699. The molecule has 1 aliphatic heterocycles. The Morgan fingerprint density at radius 2 is 2.09 bits per heavy atom. The molecule has 122 valence electrons. The third kappa shape index (κ3) is 3.82. The second-order valence-corrected chi connectivity index (χ2v) is 6.09. The van der Waals surface area contributed by atoms with Crippen LogP contribution in [0.3, 0.4) is 0 Å². The standard InChI is InChI=1S/C19H25N3O/c1-2-16-17(15-6-9-21-19(20)12-15)4-3-5-18(16)22-13-14-7-10-23-11-8-14/h3-6,9,12,14,22H,2,7-8,10-11,13H2,1H3,(H2,20,21). The second kappa shape index (κ2) is 7.47. The van der Waals surface area contributed by atoms with Crippen LogP contribution in [0.15, 0.2) is 36.5 Å². The van der Waals surface area contributed by atoms with Gasteiger partial charge in [-0.3, -0.25) is 0 Å². The lowest BCUT2D eigenvalue weighted by Crippen LogP contribution is -2.23. The minimum Gasteiger partial charge on any atom is -0.385 e. The summed E-state index contributed by atoms with van der Waals surface area (Å²) in [4.78, 5) is 4.09. The number of nitrogens with two attached hydrogens (primary N) is 1. The van der Waals surface area contributed by atoms with Gasteiger partial charge in [0.05, 0.1) is 0 Å². The number of benzene rings is 1. The lowest BCUT2D eigenvalue weighted by atomic mass is 9.96. The first-order chi connectivity index (χ1) is 11.3. The molecule has 3 N–H and O–H groups in total. The second-order valence-electron chi connectivity index (χ2n) is 6.09. The van der Waals surface area contributed by atoms with Crippen LogP contribution in [0, 0.1) is 5.92 Å². The molecule has 0 spiro atoms. The highest BCUT2D eigenvalue weighted by atomic mass is 16.5. The van der Waals surface area contributed by atoms with Crippen LogP contribution in [-0.4, -0.2) is 24.7 Å². The molecule has 0 unspecified atom stereocenters. The predicted octanol–water partition coefficient (Wildman–Crippen LogP) is 3.73. The smallest absolute Gasteiger partial charge is 0.123 e. The first kappa shape index (κ1) is 15.8. The van der Waals surface area contributed by atoms with Crippen molar-refractivity contribution in [1.29, 1.82) is 0 Å². The highest BCUT2D eigenvalue weighted by Crippen LogP contribution is 2.30. The molecule has 23 heavy (non-hydrogen) atoms. The summed E-state index contributed by atoms with van der Waals surface area (Å²) in [5, 5.41) is 3.66. The maximum atomic E-state index is 5.84. The Hall–Kier alpha value is -2.07. The first-order valence-corrected chi connectivity index (χ1v) is 8.43. The van der Waals surface area contributed by atoms with Gasteiger partial charge in [-0.25, -0.2) is 4.98 Å². The third-order valence-corrected chi connectivity index (χ3v) is 4.54. The van der Waals surface area contributed by atoms with E-state index in [0.29, 0.717) is 11.7 Å². The van der Waals surface area contributed by atoms with Crippen molar-refractivity contribution in [2.24, 2.45) is 5.92 Å². The van der Waals surface area contributed by atoms with Crippen molar-refractivity contribution in [1.82, 2.24) is 4.98 Å². The molecule has 1 saturated heterocycles. The number of anilines is 2. The van der Waals surface area contributed by atoms with Gasteiger partial charge in [-0.1, -0.05) is 19.1 Å². The van der Waals surface area contributed by atoms with E-state index in [1.807, 2.05) is 12.1 Å². The molecule has 2 aromatic rings. The largest absolute Gasteiger partial charge is 0.385 e. The maximum absolute atomic E-state index is 5.84. The lowest BCUT2D eigenvalue weighted by Gasteiger charge is -2.24. The molecule has 0 aliphatic carbocycles. The Morgan fingerprint density at radius 3 is 2.83 bits per heavy atom. The zero-order valence-corrected chi connectivity index (χ0v) is 13.7. The molecular weight excluding hydrogens is 286 g/mol. The van der Waals surface area contributed by atoms with Crippen molar-refractivity contribution < 1.29 is 4.74 Å². The fraction of sp³-hybridized carbons (Fsp3) is 0.421. The number of hydrogen-bond donors (Lipinski definition) is 2. The van der Waals surface area contributed by atoms with Crippen molar-refractivity contribution in [3.8, 4) is 11.1 Å². The van der Waals surface area contributed by atoms with E-state index in [1.54, 1.807) is 6.20 Å². The van der Waals surface area contributed by atoms with Crippen LogP contribution in [0.4, 0.5) is 11.5 Å². The van der Waals surface area contributed by atoms with Crippen LogP contribution in [0.1, 0.15) is 25.3 Å². The van der Waals surface area contributed by atoms with Crippen molar-refractivity contribution in [3.05, 3.63) is 42.1 Å². The van der Waals surface area contributed by atoms with Gasteiger partial charge in [0, 0.05) is 31.6 Å². The van der Waals surface area contributed by atoms with Gasteiger partial charge in [0.15, 0.2) is 0 Å². The van der Waals surface area contributed by atoms with E-state index in [0.717, 1.165) is 44.6 Å². The van der Waals surface area contributed by atoms with Crippen LogP contribution in [0.5, 0.6) is 0 Å². The van der Waals surface area contributed by atoms with Gasteiger partial charge >= 0.3 is 0 Å². The monoisotopic (exact) mass is 311 g/mol. The van der Waals surface area contributed by atoms with Gasteiger partial charge in [0.2, 0.25) is 0 Å². The van der Waals surface area contributed by atoms with Gasteiger partial charge in [-0.15, -0.1) is 0 Å². The van der Waals surface area contributed by atoms with E-state index in [4.69, 9.17) is 10.5 Å². The molecule has 4 nitrogen and oxygen atoms in total. The Labute approximate surface area is 138 Å².